The predicted molar refractivity (Wildman–Crippen MR) is 69.3 cm³/mol. The predicted octanol–water partition coefficient (Wildman–Crippen LogP) is 0.396. The number of hydrogen-bond donors (Lipinski definition) is 0. The van der Waals surface area contributed by atoms with Crippen LogP contribution >= 0.6 is 0 Å². The molecule has 2 rings (SSSR count). The van der Waals surface area contributed by atoms with Crippen molar-refractivity contribution in [1.82, 2.24) is 9.47 Å². The molecule has 0 spiro atoms. The lowest BCUT2D eigenvalue weighted by molar-refractivity contribution is -0.386. The SMILES string of the molecule is Cc1cc([N+](=O)[O-])c(=O)n(CC2COCCN2C)c1. The highest BCUT2D eigenvalue weighted by atomic mass is 16.6. The first kappa shape index (κ1) is 13.7. The fourth-order valence-electron chi connectivity index (χ4n) is 2.19. The average molecular weight is 267 g/mol. The maximum atomic E-state index is 12.0. The topological polar surface area (TPSA) is 77.6 Å². The molecule has 0 aliphatic carbocycles. The van der Waals surface area contributed by atoms with Crippen LogP contribution < -0.4 is 5.56 Å². The van der Waals surface area contributed by atoms with E-state index in [-0.39, 0.29) is 11.7 Å². The summed E-state index contributed by atoms with van der Waals surface area (Å²) in [5.74, 6) is 0. The van der Waals surface area contributed by atoms with Crippen molar-refractivity contribution in [2.45, 2.75) is 19.5 Å². The number of pyridine rings is 1. The summed E-state index contributed by atoms with van der Waals surface area (Å²) in [7, 11) is 1.96. The second-order valence-electron chi connectivity index (χ2n) is 4.83. The zero-order valence-electron chi connectivity index (χ0n) is 11.0. The molecule has 0 N–H and O–H groups in total. The number of aromatic nitrogens is 1. The van der Waals surface area contributed by atoms with Gasteiger partial charge in [-0.1, -0.05) is 0 Å². The summed E-state index contributed by atoms with van der Waals surface area (Å²) in [6, 6.07) is 1.37. The molecular formula is C12H17N3O4. The van der Waals surface area contributed by atoms with E-state index in [4.69, 9.17) is 4.74 Å². The van der Waals surface area contributed by atoms with E-state index < -0.39 is 10.5 Å². The van der Waals surface area contributed by atoms with Gasteiger partial charge >= 0.3 is 11.2 Å². The Labute approximate surface area is 110 Å². The van der Waals surface area contributed by atoms with E-state index in [1.165, 1.54) is 10.6 Å². The van der Waals surface area contributed by atoms with E-state index in [1.54, 1.807) is 13.1 Å². The lowest BCUT2D eigenvalue weighted by Crippen LogP contribution is -2.46. The van der Waals surface area contributed by atoms with E-state index >= 15 is 0 Å². The number of hydrogen-bond acceptors (Lipinski definition) is 5. The molecule has 7 nitrogen and oxygen atoms in total. The summed E-state index contributed by atoms with van der Waals surface area (Å²) in [6.45, 7) is 4.15. The fraction of sp³-hybridized carbons (Fsp3) is 0.583. The monoisotopic (exact) mass is 267 g/mol. The van der Waals surface area contributed by atoms with Crippen LogP contribution in [0.25, 0.3) is 0 Å². The maximum absolute atomic E-state index is 12.0. The quantitative estimate of drug-likeness (QED) is 0.585. The molecule has 1 unspecified atom stereocenters. The van der Waals surface area contributed by atoms with Crippen molar-refractivity contribution in [2.75, 3.05) is 26.8 Å². The van der Waals surface area contributed by atoms with Crippen LogP contribution in [0.4, 0.5) is 5.69 Å². The second-order valence-corrected chi connectivity index (χ2v) is 4.83. The van der Waals surface area contributed by atoms with E-state index in [0.29, 0.717) is 25.3 Å². The van der Waals surface area contributed by atoms with Gasteiger partial charge in [0.25, 0.3) is 0 Å². The Balaban J connectivity index is 2.29. The third-order valence-corrected chi connectivity index (χ3v) is 3.33. The Kier molecular flexibility index (Phi) is 3.96. The van der Waals surface area contributed by atoms with E-state index in [1.807, 2.05) is 7.05 Å². The molecule has 19 heavy (non-hydrogen) atoms. The lowest BCUT2D eigenvalue weighted by Gasteiger charge is -2.32. The lowest BCUT2D eigenvalue weighted by atomic mass is 10.2. The highest BCUT2D eigenvalue weighted by Gasteiger charge is 2.22. The van der Waals surface area contributed by atoms with Crippen molar-refractivity contribution in [3.8, 4) is 0 Å². The molecule has 0 amide bonds. The summed E-state index contributed by atoms with van der Waals surface area (Å²) in [5, 5.41) is 10.8. The normalized spacial score (nSPS) is 20.4. The van der Waals surface area contributed by atoms with Gasteiger partial charge in [-0.2, -0.15) is 0 Å². The molecule has 0 bridgehead atoms. The molecular weight excluding hydrogens is 250 g/mol. The van der Waals surface area contributed by atoms with Crippen molar-refractivity contribution >= 4 is 5.69 Å². The van der Waals surface area contributed by atoms with Crippen LogP contribution in [0.2, 0.25) is 0 Å². The molecule has 1 aliphatic rings. The number of ether oxygens (including phenoxy) is 1. The molecule has 1 fully saturated rings. The zero-order valence-corrected chi connectivity index (χ0v) is 11.0. The molecule has 7 heteroatoms. The molecule has 1 saturated heterocycles. The Morgan fingerprint density at radius 2 is 2.32 bits per heavy atom. The van der Waals surface area contributed by atoms with Gasteiger partial charge in [0, 0.05) is 25.4 Å². The molecule has 0 aromatic carbocycles. The molecule has 2 heterocycles. The summed E-state index contributed by atoms with van der Waals surface area (Å²) in [4.78, 5) is 24.3. The van der Waals surface area contributed by atoms with Crippen LogP contribution in [0.5, 0.6) is 0 Å². The first-order valence-electron chi connectivity index (χ1n) is 6.12. The number of likely N-dealkylation sites (N-methyl/N-ethyl adjacent to an activating group) is 1. The third kappa shape index (κ3) is 2.99. The van der Waals surface area contributed by atoms with Crippen molar-refractivity contribution in [2.24, 2.45) is 0 Å². The van der Waals surface area contributed by atoms with E-state index in [9.17, 15) is 14.9 Å². The molecule has 0 saturated carbocycles. The molecule has 0 radical (unpaired) electrons. The summed E-state index contributed by atoms with van der Waals surface area (Å²) in [5.41, 5.74) is -0.236. The van der Waals surface area contributed by atoms with Gasteiger partial charge in [-0.05, 0) is 19.5 Å². The number of nitrogens with zero attached hydrogens (tertiary/aromatic N) is 3. The van der Waals surface area contributed by atoms with Gasteiger partial charge in [-0.15, -0.1) is 0 Å². The number of aryl methyl sites for hydroxylation is 1. The molecule has 1 aliphatic heterocycles. The van der Waals surface area contributed by atoms with Gasteiger partial charge in [0.1, 0.15) is 0 Å². The highest BCUT2D eigenvalue weighted by Crippen LogP contribution is 2.10. The van der Waals surface area contributed by atoms with Crippen LogP contribution in [0.3, 0.4) is 0 Å². The molecule has 1 atom stereocenters. The molecule has 104 valence electrons. The minimum atomic E-state index is -0.632. The first-order valence-corrected chi connectivity index (χ1v) is 6.12. The summed E-state index contributed by atoms with van der Waals surface area (Å²) >= 11 is 0. The van der Waals surface area contributed by atoms with Crippen LogP contribution in [0.1, 0.15) is 5.56 Å². The standard InChI is InChI=1S/C12H17N3O4/c1-9-5-11(15(17)18)12(16)14(6-9)7-10-8-19-4-3-13(10)2/h5-6,10H,3-4,7-8H2,1-2H3. The average Bonchev–Trinajstić information content (AvgIpc) is 2.35. The third-order valence-electron chi connectivity index (χ3n) is 3.33. The van der Waals surface area contributed by atoms with Crippen LogP contribution in [0.15, 0.2) is 17.1 Å². The smallest absolute Gasteiger partial charge is 0.334 e. The van der Waals surface area contributed by atoms with E-state index in [0.717, 1.165) is 6.54 Å². The highest BCUT2D eigenvalue weighted by molar-refractivity contribution is 5.30. The number of nitro groups is 1. The van der Waals surface area contributed by atoms with Gasteiger partial charge in [0.05, 0.1) is 24.2 Å². The van der Waals surface area contributed by atoms with Crippen molar-refractivity contribution in [3.05, 3.63) is 38.3 Å². The Hall–Kier alpha value is -1.73. The Bertz CT molecular complexity index is 540. The first-order chi connectivity index (χ1) is 8.99. The fourth-order valence-corrected chi connectivity index (χ4v) is 2.19. The Morgan fingerprint density at radius 1 is 1.58 bits per heavy atom. The minimum Gasteiger partial charge on any atom is -0.378 e. The van der Waals surface area contributed by atoms with Crippen LogP contribution in [-0.4, -0.2) is 47.2 Å². The van der Waals surface area contributed by atoms with Gasteiger partial charge in [0.2, 0.25) is 0 Å². The number of rotatable bonds is 3. The van der Waals surface area contributed by atoms with Gasteiger partial charge < -0.3 is 9.30 Å². The summed E-state index contributed by atoms with van der Waals surface area (Å²) < 4.78 is 6.79. The largest absolute Gasteiger partial charge is 0.378 e. The minimum absolute atomic E-state index is 0.0628. The van der Waals surface area contributed by atoms with Gasteiger partial charge in [-0.3, -0.25) is 19.8 Å². The van der Waals surface area contributed by atoms with E-state index in [2.05, 4.69) is 4.90 Å². The van der Waals surface area contributed by atoms with Crippen molar-refractivity contribution < 1.29 is 9.66 Å². The van der Waals surface area contributed by atoms with Gasteiger partial charge in [0.15, 0.2) is 0 Å². The van der Waals surface area contributed by atoms with Gasteiger partial charge in [-0.25, -0.2) is 0 Å². The van der Waals surface area contributed by atoms with Crippen molar-refractivity contribution in [3.63, 3.8) is 0 Å². The molecule has 1 aromatic heterocycles. The molecule has 1 aromatic rings. The number of morpholine rings is 1. The van der Waals surface area contributed by atoms with Crippen LogP contribution in [-0.2, 0) is 11.3 Å². The Morgan fingerprint density at radius 3 is 2.95 bits per heavy atom. The van der Waals surface area contributed by atoms with Crippen LogP contribution in [0, 0.1) is 17.0 Å². The van der Waals surface area contributed by atoms with Crippen molar-refractivity contribution in [1.29, 1.82) is 0 Å². The maximum Gasteiger partial charge on any atom is 0.334 e. The second kappa shape index (κ2) is 5.50. The zero-order chi connectivity index (χ0) is 14.0. The summed E-state index contributed by atoms with van der Waals surface area (Å²) in [6.07, 6.45) is 1.65.